The first-order valence-corrected chi connectivity index (χ1v) is 19.4. The third-order valence-corrected chi connectivity index (χ3v) is 10.3. The maximum absolute atomic E-state index is 13.5. The molecule has 0 unspecified atom stereocenters. The van der Waals surface area contributed by atoms with E-state index in [0.717, 1.165) is 14.9 Å². The number of anilines is 2. The SMILES string of the molecule is CCOC(=O)c1c(NC(=O)CSc2cccc(NC(=O)/C(=C\c3ccc(Br)cc3)NC(=O)c3ccccc3)c2)sc2c1CCN(C(=O)OC(C)(C)C)C2. The van der Waals surface area contributed by atoms with Gasteiger partial charge in [0.15, 0.2) is 0 Å². The summed E-state index contributed by atoms with van der Waals surface area (Å²) in [4.78, 5) is 68.6. The third kappa shape index (κ3) is 11.0. The number of ether oxygens (including phenoxy) is 2. The van der Waals surface area contributed by atoms with Gasteiger partial charge in [0.25, 0.3) is 11.8 Å². The summed E-state index contributed by atoms with van der Waals surface area (Å²) in [7, 11) is 0. The molecule has 0 bridgehead atoms. The quantitative estimate of drug-likeness (QED) is 0.0783. The number of amides is 4. The summed E-state index contributed by atoms with van der Waals surface area (Å²) in [5.41, 5.74) is 2.03. The van der Waals surface area contributed by atoms with Crippen molar-refractivity contribution in [3.63, 3.8) is 0 Å². The average Bonchev–Trinajstić information content (AvgIpc) is 3.48. The highest BCUT2D eigenvalue weighted by Crippen LogP contribution is 2.38. The minimum Gasteiger partial charge on any atom is -0.462 e. The van der Waals surface area contributed by atoms with Gasteiger partial charge in [-0.05, 0) is 93.8 Å². The molecule has 14 heteroatoms. The van der Waals surface area contributed by atoms with E-state index in [1.54, 1.807) is 87.2 Å². The van der Waals surface area contributed by atoms with Crippen LogP contribution >= 0.6 is 39.0 Å². The van der Waals surface area contributed by atoms with E-state index in [2.05, 4.69) is 31.9 Å². The lowest BCUT2D eigenvalue weighted by Gasteiger charge is -2.30. The molecular weight excluding hydrogens is 780 g/mol. The van der Waals surface area contributed by atoms with Crippen molar-refractivity contribution in [2.75, 3.05) is 29.5 Å². The molecule has 53 heavy (non-hydrogen) atoms. The summed E-state index contributed by atoms with van der Waals surface area (Å²) in [5, 5.41) is 8.83. The largest absolute Gasteiger partial charge is 0.462 e. The van der Waals surface area contributed by atoms with Gasteiger partial charge in [0.2, 0.25) is 5.91 Å². The molecule has 3 N–H and O–H groups in total. The Kier molecular flexibility index (Phi) is 13.1. The number of fused-ring (bicyclic) bond motifs is 1. The molecule has 11 nitrogen and oxygen atoms in total. The van der Waals surface area contributed by atoms with Crippen LogP contribution < -0.4 is 16.0 Å². The number of carbonyl (C=O) groups excluding carboxylic acids is 5. The molecule has 1 aliphatic rings. The zero-order valence-electron chi connectivity index (χ0n) is 29.6. The minimum atomic E-state index is -0.647. The van der Waals surface area contributed by atoms with E-state index in [1.165, 1.54) is 23.1 Å². The first kappa shape index (κ1) is 39.3. The van der Waals surface area contributed by atoms with Crippen LogP contribution in [0.3, 0.4) is 0 Å². The smallest absolute Gasteiger partial charge is 0.410 e. The number of carbonyl (C=O) groups is 5. The molecule has 4 aromatic rings. The Morgan fingerprint density at radius 2 is 1.70 bits per heavy atom. The van der Waals surface area contributed by atoms with E-state index in [-0.39, 0.29) is 30.5 Å². The second kappa shape index (κ2) is 17.7. The van der Waals surface area contributed by atoms with Crippen molar-refractivity contribution < 1.29 is 33.4 Å². The van der Waals surface area contributed by atoms with Gasteiger partial charge in [-0.2, -0.15) is 0 Å². The van der Waals surface area contributed by atoms with Crippen LogP contribution in [0.15, 0.2) is 93.9 Å². The Morgan fingerprint density at radius 1 is 0.962 bits per heavy atom. The van der Waals surface area contributed by atoms with Gasteiger partial charge in [0.1, 0.15) is 16.3 Å². The van der Waals surface area contributed by atoms with Gasteiger partial charge >= 0.3 is 12.1 Å². The summed E-state index contributed by atoms with van der Waals surface area (Å²) < 4.78 is 11.7. The van der Waals surface area contributed by atoms with Crippen LogP contribution in [0.2, 0.25) is 0 Å². The highest BCUT2D eigenvalue weighted by atomic mass is 79.9. The average molecular weight is 820 g/mol. The fourth-order valence-corrected chi connectivity index (χ4v) is 7.52. The first-order valence-electron chi connectivity index (χ1n) is 16.8. The fourth-order valence-electron chi connectivity index (χ4n) is 5.23. The van der Waals surface area contributed by atoms with Crippen LogP contribution in [0.5, 0.6) is 0 Å². The van der Waals surface area contributed by atoms with Crippen molar-refractivity contribution in [2.45, 2.75) is 51.2 Å². The highest BCUT2D eigenvalue weighted by molar-refractivity contribution is 9.10. The second-order valence-corrected chi connectivity index (χ2v) is 15.9. The molecule has 0 fully saturated rings. The van der Waals surface area contributed by atoms with Crippen molar-refractivity contribution in [1.29, 1.82) is 0 Å². The highest BCUT2D eigenvalue weighted by Gasteiger charge is 2.32. The molecule has 5 rings (SSSR count). The van der Waals surface area contributed by atoms with Crippen LogP contribution in [0.1, 0.15) is 64.4 Å². The molecule has 0 saturated heterocycles. The molecule has 276 valence electrons. The van der Waals surface area contributed by atoms with Gasteiger partial charge in [-0.3, -0.25) is 14.4 Å². The summed E-state index contributed by atoms with van der Waals surface area (Å²) in [6.45, 7) is 7.91. The Labute approximate surface area is 324 Å². The molecule has 2 heterocycles. The van der Waals surface area contributed by atoms with Crippen molar-refractivity contribution in [3.05, 3.63) is 116 Å². The number of rotatable bonds is 11. The molecule has 1 aliphatic heterocycles. The zero-order chi connectivity index (χ0) is 38.1. The van der Waals surface area contributed by atoms with E-state index in [4.69, 9.17) is 9.47 Å². The Morgan fingerprint density at radius 3 is 2.40 bits per heavy atom. The normalized spacial score (nSPS) is 12.7. The zero-order valence-corrected chi connectivity index (χ0v) is 32.8. The molecule has 0 saturated carbocycles. The van der Waals surface area contributed by atoms with Crippen molar-refractivity contribution in [3.8, 4) is 0 Å². The van der Waals surface area contributed by atoms with Crippen LogP contribution in [0.25, 0.3) is 6.08 Å². The van der Waals surface area contributed by atoms with E-state index in [0.29, 0.717) is 45.2 Å². The van der Waals surface area contributed by atoms with Gasteiger partial charge in [-0.1, -0.05) is 52.3 Å². The van der Waals surface area contributed by atoms with Gasteiger partial charge < -0.3 is 30.3 Å². The third-order valence-electron chi connectivity index (χ3n) is 7.61. The summed E-state index contributed by atoms with van der Waals surface area (Å²) in [5.74, 6) is -1.83. The number of nitrogens with zero attached hydrogens (tertiary/aromatic N) is 1. The maximum atomic E-state index is 13.5. The van der Waals surface area contributed by atoms with E-state index in [1.807, 2.05) is 30.3 Å². The summed E-state index contributed by atoms with van der Waals surface area (Å²) >= 11 is 5.90. The summed E-state index contributed by atoms with van der Waals surface area (Å²) in [6.07, 6.45) is 1.56. The topological polar surface area (TPSA) is 143 Å². The minimum absolute atomic E-state index is 0.00805. The molecule has 0 spiro atoms. The van der Waals surface area contributed by atoms with E-state index in [9.17, 15) is 24.0 Å². The summed E-state index contributed by atoms with van der Waals surface area (Å²) in [6, 6.07) is 22.9. The van der Waals surface area contributed by atoms with Crippen molar-refractivity contribution in [2.24, 2.45) is 0 Å². The number of nitrogens with one attached hydrogen (secondary N) is 3. The maximum Gasteiger partial charge on any atom is 0.410 e. The van der Waals surface area contributed by atoms with Crippen LogP contribution in [-0.2, 0) is 32.0 Å². The number of benzene rings is 3. The van der Waals surface area contributed by atoms with Gasteiger partial charge in [-0.25, -0.2) is 9.59 Å². The standard InChI is InChI=1S/C39H39BrN4O7S2/c1-5-50-37(48)33-29-18-19-44(38(49)51-39(2,3)4)22-31(29)53-36(33)43-32(45)23-52-28-13-9-12-27(21-28)41-35(47)30(20-24-14-16-26(40)17-15-24)42-34(46)25-10-7-6-8-11-25/h6-17,20-21H,5,18-19,22-23H2,1-4H3,(H,41,47)(H,42,46)(H,43,45)/b30-20+. The number of thioether (sulfide) groups is 1. The first-order chi connectivity index (χ1) is 25.3. The van der Waals surface area contributed by atoms with Crippen LogP contribution in [-0.4, -0.2) is 59.2 Å². The second-order valence-electron chi connectivity index (χ2n) is 12.8. The molecule has 0 radical (unpaired) electrons. The Bertz CT molecular complexity index is 2030. The molecule has 0 atom stereocenters. The van der Waals surface area contributed by atoms with Gasteiger partial charge in [-0.15, -0.1) is 23.1 Å². The van der Waals surface area contributed by atoms with Crippen molar-refractivity contribution in [1.82, 2.24) is 10.2 Å². The monoisotopic (exact) mass is 818 g/mol. The van der Waals surface area contributed by atoms with Crippen LogP contribution in [0.4, 0.5) is 15.5 Å². The van der Waals surface area contributed by atoms with Crippen molar-refractivity contribution >= 4 is 85.6 Å². The Hall–Kier alpha value is -4.92. The lowest BCUT2D eigenvalue weighted by Crippen LogP contribution is -2.39. The van der Waals surface area contributed by atoms with Gasteiger partial charge in [0.05, 0.1) is 24.5 Å². The number of hydrogen-bond acceptors (Lipinski definition) is 9. The number of halogens is 1. The molecule has 0 aliphatic carbocycles. The Balaban J connectivity index is 1.26. The lowest BCUT2D eigenvalue weighted by atomic mass is 10.0. The number of thiophene rings is 1. The van der Waals surface area contributed by atoms with E-state index < -0.39 is 29.5 Å². The van der Waals surface area contributed by atoms with Gasteiger partial charge in [0, 0.05) is 32.0 Å². The van der Waals surface area contributed by atoms with Crippen LogP contribution in [0, 0.1) is 0 Å². The lowest BCUT2D eigenvalue weighted by molar-refractivity contribution is -0.114. The molecule has 3 aromatic carbocycles. The predicted molar refractivity (Wildman–Crippen MR) is 211 cm³/mol. The molecule has 1 aromatic heterocycles. The molecular formula is C39H39BrN4O7S2. The fraction of sp³-hybridized carbons (Fsp3) is 0.256. The molecule has 4 amide bonds. The number of hydrogen-bond donors (Lipinski definition) is 3. The predicted octanol–water partition coefficient (Wildman–Crippen LogP) is 8.12. The number of esters is 1. The van der Waals surface area contributed by atoms with E-state index >= 15 is 0 Å².